The topological polar surface area (TPSA) is 46.6 Å². The molecule has 0 spiro atoms. The second-order valence-electron chi connectivity index (χ2n) is 4.78. The van der Waals surface area contributed by atoms with Crippen LogP contribution in [0.1, 0.15) is 29.6 Å². The van der Waals surface area contributed by atoms with Gasteiger partial charge in [0, 0.05) is 17.3 Å². The Labute approximate surface area is 164 Å². The molecule has 1 aliphatic rings. The van der Waals surface area contributed by atoms with Gasteiger partial charge in [-0.1, -0.05) is 0 Å². The Morgan fingerprint density at radius 1 is 1.24 bits per heavy atom. The summed E-state index contributed by atoms with van der Waals surface area (Å²) in [4.78, 5) is 26.4. The summed E-state index contributed by atoms with van der Waals surface area (Å²) in [6.07, 6.45) is 2.55. The maximum absolute atomic E-state index is 12.9. The molecule has 1 amide bonds. The van der Waals surface area contributed by atoms with Crippen molar-refractivity contribution in [2.24, 2.45) is 0 Å². The number of benzene rings is 1. The standard InChI is InChI=1S/C14H14I3NO3/c1-21-14(20)11-4-2-3-5-18(11)13(19)9-6-8(15)7-10(16)12(9)17/h6-7,11H,2-5H2,1H3. The highest BCUT2D eigenvalue weighted by Crippen LogP contribution is 2.27. The minimum absolute atomic E-state index is 0.0778. The van der Waals surface area contributed by atoms with Gasteiger partial charge in [0.15, 0.2) is 0 Å². The molecule has 4 nitrogen and oxygen atoms in total. The van der Waals surface area contributed by atoms with Crippen LogP contribution >= 0.6 is 67.8 Å². The van der Waals surface area contributed by atoms with E-state index in [0.29, 0.717) is 18.5 Å². The second-order valence-corrected chi connectivity index (χ2v) is 8.27. The van der Waals surface area contributed by atoms with Crippen LogP contribution in [0.25, 0.3) is 0 Å². The SMILES string of the molecule is COC(=O)C1CCCCN1C(=O)c1cc(I)cc(I)c1I. The average molecular weight is 625 g/mol. The van der Waals surface area contributed by atoms with E-state index in [1.165, 1.54) is 7.11 Å². The quantitative estimate of drug-likeness (QED) is 0.287. The molecule has 0 saturated carbocycles. The molecule has 0 aromatic heterocycles. The summed E-state index contributed by atoms with van der Waals surface area (Å²) in [7, 11) is 1.37. The summed E-state index contributed by atoms with van der Waals surface area (Å²) < 4.78 is 7.86. The molecule has 0 N–H and O–H groups in total. The number of halogens is 3. The lowest BCUT2D eigenvalue weighted by atomic mass is 10.0. The number of nitrogens with zero attached hydrogens (tertiary/aromatic N) is 1. The van der Waals surface area contributed by atoms with E-state index >= 15 is 0 Å². The number of ether oxygens (including phenoxy) is 1. The van der Waals surface area contributed by atoms with Crippen molar-refractivity contribution in [3.8, 4) is 0 Å². The van der Waals surface area contributed by atoms with Crippen LogP contribution in [0, 0.1) is 10.7 Å². The maximum Gasteiger partial charge on any atom is 0.328 e. The molecule has 1 unspecified atom stereocenters. The van der Waals surface area contributed by atoms with Crippen molar-refractivity contribution in [3.63, 3.8) is 0 Å². The minimum Gasteiger partial charge on any atom is -0.467 e. The minimum atomic E-state index is -0.456. The largest absolute Gasteiger partial charge is 0.467 e. The maximum atomic E-state index is 12.9. The zero-order valence-corrected chi connectivity index (χ0v) is 17.8. The van der Waals surface area contributed by atoms with E-state index in [9.17, 15) is 9.59 Å². The van der Waals surface area contributed by atoms with Gasteiger partial charge >= 0.3 is 5.97 Å². The van der Waals surface area contributed by atoms with Gasteiger partial charge in [0.1, 0.15) is 6.04 Å². The Morgan fingerprint density at radius 3 is 2.62 bits per heavy atom. The number of amides is 1. The monoisotopic (exact) mass is 625 g/mol. The van der Waals surface area contributed by atoms with Gasteiger partial charge in [-0.3, -0.25) is 4.79 Å². The Kier molecular flexibility index (Phi) is 6.53. The molecule has 2 rings (SSSR count). The van der Waals surface area contributed by atoms with Crippen molar-refractivity contribution in [2.45, 2.75) is 25.3 Å². The lowest BCUT2D eigenvalue weighted by molar-refractivity contribution is -0.147. The highest BCUT2D eigenvalue weighted by molar-refractivity contribution is 14.1. The number of carbonyl (C=O) groups is 2. The van der Waals surface area contributed by atoms with Crippen LogP contribution in [-0.2, 0) is 9.53 Å². The van der Waals surface area contributed by atoms with Gasteiger partial charge in [-0.2, -0.15) is 0 Å². The van der Waals surface area contributed by atoms with E-state index in [1.807, 2.05) is 12.1 Å². The van der Waals surface area contributed by atoms with Crippen molar-refractivity contribution in [1.29, 1.82) is 0 Å². The predicted octanol–water partition coefficient (Wildman–Crippen LogP) is 3.67. The molecule has 1 fully saturated rings. The van der Waals surface area contributed by atoms with E-state index in [-0.39, 0.29) is 11.9 Å². The van der Waals surface area contributed by atoms with Crippen molar-refractivity contribution in [3.05, 3.63) is 28.4 Å². The summed E-state index contributed by atoms with van der Waals surface area (Å²) in [5.74, 6) is -0.399. The number of rotatable bonds is 2. The van der Waals surface area contributed by atoms with Crippen LogP contribution < -0.4 is 0 Å². The second kappa shape index (κ2) is 7.75. The molecule has 1 aromatic carbocycles. The first-order chi connectivity index (χ1) is 9.95. The van der Waals surface area contributed by atoms with E-state index in [0.717, 1.165) is 23.6 Å². The Morgan fingerprint density at radius 2 is 1.95 bits per heavy atom. The molecule has 0 bridgehead atoms. The predicted molar refractivity (Wildman–Crippen MR) is 105 cm³/mol. The molecule has 21 heavy (non-hydrogen) atoms. The number of likely N-dealkylation sites (tertiary alicyclic amines) is 1. The fourth-order valence-corrected chi connectivity index (χ4v) is 4.81. The van der Waals surface area contributed by atoms with Crippen molar-refractivity contribution < 1.29 is 14.3 Å². The zero-order valence-electron chi connectivity index (χ0n) is 11.4. The summed E-state index contributed by atoms with van der Waals surface area (Å²) in [6, 6.07) is 3.46. The van der Waals surface area contributed by atoms with Gasteiger partial charge in [-0.25, -0.2) is 4.79 Å². The fraction of sp³-hybridized carbons (Fsp3) is 0.429. The number of hydrogen-bond donors (Lipinski definition) is 0. The smallest absolute Gasteiger partial charge is 0.328 e. The average Bonchev–Trinajstić information content (AvgIpc) is 2.49. The summed E-state index contributed by atoms with van der Waals surface area (Å²) in [6.45, 7) is 0.608. The molecule has 1 saturated heterocycles. The molecule has 1 atom stereocenters. The van der Waals surface area contributed by atoms with E-state index in [4.69, 9.17) is 4.74 Å². The third-order valence-corrected chi connectivity index (χ3v) is 7.13. The number of esters is 1. The molecular weight excluding hydrogens is 611 g/mol. The highest BCUT2D eigenvalue weighted by atomic mass is 127. The number of hydrogen-bond acceptors (Lipinski definition) is 3. The first kappa shape index (κ1) is 17.7. The van der Waals surface area contributed by atoms with E-state index in [1.54, 1.807) is 4.90 Å². The molecule has 1 aromatic rings. The summed E-state index contributed by atoms with van der Waals surface area (Å²) in [5.41, 5.74) is 0.669. The van der Waals surface area contributed by atoms with Gasteiger partial charge in [0.25, 0.3) is 5.91 Å². The van der Waals surface area contributed by atoms with Crippen molar-refractivity contribution in [1.82, 2.24) is 4.90 Å². The van der Waals surface area contributed by atoms with Crippen LogP contribution in [0.3, 0.4) is 0 Å². The zero-order chi connectivity index (χ0) is 15.6. The third-order valence-electron chi connectivity index (χ3n) is 3.46. The fourth-order valence-electron chi connectivity index (χ4n) is 2.42. The molecule has 114 valence electrons. The first-order valence-corrected chi connectivity index (χ1v) is 9.72. The molecule has 0 radical (unpaired) electrons. The van der Waals surface area contributed by atoms with E-state index < -0.39 is 6.04 Å². The lowest BCUT2D eigenvalue weighted by Gasteiger charge is -2.34. The summed E-state index contributed by atoms with van der Waals surface area (Å²) in [5, 5.41) is 0. The molecule has 1 heterocycles. The van der Waals surface area contributed by atoms with Gasteiger partial charge < -0.3 is 9.64 Å². The van der Waals surface area contributed by atoms with Crippen molar-refractivity contribution >= 4 is 79.6 Å². The van der Waals surface area contributed by atoms with Crippen LogP contribution in [-0.4, -0.2) is 36.5 Å². The van der Waals surface area contributed by atoms with Crippen molar-refractivity contribution in [2.75, 3.05) is 13.7 Å². The number of methoxy groups -OCH3 is 1. The molecule has 0 aliphatic carbocycles. The Bertz CT molecular complexity index is 577. The van der Waals surface area contributed by atoms with Crippen LogP contribution in [0.4, 0.5) is 0 Å². The molecule has 1 aliphatic heterocycles. The Balaban J connectivity index is 2.35. The van der Waals surface area contributed by atoms with Crippen LogP contribution in [0.2, 0.25) is 0 Å². The van der Waals surface area contributed by atoms with Crippen LogP contribution in [0.15, 0.2) is 12.1 Å². The first-order valence-electron chi connectivity index (χ1n) is 6.49. The van der Waals surface area contributed by atoms with Gasteiger partial charge in [-0.15, -0.1) is 0 Å². The third kappa shape index (κ3) is 4.01. The summed E-state index contributed by atoms with van der Waals surface area (Å²) >= 11 is 6.63. The normalized spacial score (nSPS) is 18.5. The number of carbonyl (C=O) groups excluding carboxylic acids is 2. The Hall–Kier alpha value is 0.350. The van der Waals surface area contributed by atoms with E-state index in [2.05, 4.69) is 67.8 Å². The highest BCUT2D eigenvalue weighted by Gasteiger charge is 2.34. The molecular formula is C14H14I3NO3. The molecule has 7 heteroatoms. The van der Waals surface area contributed by atoms with Gasteiger partial charge in [0.05, 0.1) is 12.7 Å². The van der Waals surface area contributed by atoms with Gasteiger partial charge in [0.2, 0.25) is 0 Å². The van der Waals surface area contributed by atoms with Gasteiger partial charge in [-0.05, 0) is 99.2 Å². The number of piperidine rings is 1. The lowest BCUT2D eigenvalue weighted by Crippen LogP contribution is -2.48. The van der Waals surface area contributed by atoms with Crippen LogP contribution in [0.5, 0.6) is 0 Å².